The van der Waals surface area contributed by atoms with Crippen molar-refractivity contribution in [1.29, 1.82) is 0 Å². The van der Waals surface area contributed by atoms with Gasteiger partial charge in [0, 0.05) is 12.8 Å². The average Bonchev–Trinajstić information content (AvgIpc) is 3.70. The molecule has 0 fully saturated rings. The molecule has 0 saturated carbocycles. The second-order valence-corrected chi connectivity index (χ2v) is 28.9. The molecule has 0 rings (SSSR count). The first-order valence-corrected chi connectivity index (χ1v) is 39.8. The van der Waals surface area contributed by atoms with E-state index in [4.69, 9.17) is 13.8 Å². The van der Waals surface area contributed by atoms with Gasteiger partial charge >= 0.3 is 5.97 Å². The number of quaternary nitrogens is 1. The normalized spacial score (nSPS) is 13.6. The molecule has 0 radical (unpaired) electrons. The van der Waals surface area contributed by atoms with Crippen LogP contribution in [0.5, 0.6) is 0 Å². The lowest BCUT2D eigenvalue weighted by molar-refractivity contribution is -0.870. The summed E-state index contributed by atoms with van der Waals surface area (Å²) in [7, 11) is 1.21. The van der Waals surface area contributed by atoms with E-state index in [1.165, 1.54) is 295 Å². The summed E-state index contributed by atoms with van der Waals surface area (Å²) in [6.07, 6.45) is 84.2. The van der Waals surface area contributed by atoms with Crippen LogP contribution in [0.3, 0.4) is 0 Å². The van der Waals surface area contributed by atoms with Crippen molar-refractivity contribution in [3.05, 3.63) is 36.5 Å². The third kappa shape index (κ3) is 68.4. The van der Waals surface area contributed by atoms with Crippen molar-refractivity contribution >= 4 is 19.7 Å². The van der Waals surface area contributed by atoms with Crippen LogP contribution in [0, 0.1) is 0 Å². The molecule has 0 heterocycles. The first-order valence-electron chi connectivity index (χ1n) is 38.3. The molecule has 1 amide bonds. The predicted octanol–water partition coefficient (Wildman–Crippen LogP) is 23.9. The molecule has 0 aliphatic heterocycles. The summed E-state index contributed by atoms with van der Waals surface area (Å²) in [5, 5.41) is 3.06. The zero-order valence-corrected chi connectivity index (χ0v) is 59.9. The first kappa shape index (κ1) is 85.2. The summed E-state index contributed by atoms with van der Waals surface area (Å²) in [6, 6.07) is -0.884. The Morgan fingerprint density at radius 3 is 1.06 bits per heavy atom. The summed E-state index contributed by atoms with van der Waals surface area (Å²) in [5.41, 5.74) is 0. The highest BCUT2D eigenvalue weighted by Gasteiger charge is 2.27. The lowest BCUT2D eigenvalue weighted by Gasteiger charge is -2.30. The molecule has 0 aromatic carbocycles. The molecular formula is C77H149N2O7P. The number of hydrogen-bond donors (Lipinski definition) is 1. The van der Waals surface area contributed by atoms with Crippen LogP contribution in [0.1, 0.15) is 393 Å². The summed E-state index contributed by atoms with van der Waals surface area (Å²) in [6.45, 7) is 6.90. The standard InChI is InChI=1S/C77H149N2O7P/c1-7-10-13-16-19-22-25-28-30-32-34-36-37-38-39-40-41-43-45-47-49-52-55-58-61-64-67-70-77(81)86-75(68-65-62-59-56-53-50-27-24-21-18-15-12-9-3)74(73-85-87(82,83)84-72-71-79(4,5)6)78-76(80)69-66-63-60-57-54-51-48-46-44-42-35-33-31-29-26-23-20-17-14-11-8-2/h19,22,28,30,65,68,74-75H,7-18,20-21,23-27,29,31-64,66-67,69-73H2,1-6H3,(H-,78,80,82,83)/b22-19-,30-28-,68-65+. The van der Waals surface area contributed by atoms with E-state index >= 15 is 0 Å². The van der Waals surface area contributed by atoms with Crippen LogP contribution in [-0.2, 0) is 27.9 Å². The van der Waals surface area contributed by atoms with Gasteiger partial charge in [0.15, 0.2) is 0 Å². The van der Waals surface area contributed by atoms with Crippen LogP contribution in [0.25, 0.3) is 0 Å². The van der Waals surface area contributed by atoms with E-state index in [2.05, 4.69) is 50.4 Å². The smallest absolute Gasteiger partial charge is 0.306 e. The lowest BCUT2D eigenvalue weighted by Crippen LogP contribution is -2.47. The Labute approximate surface area is 542 Å². The maximum atomic E-state index is 13.6. The van der Waals surface area contributed by atoms with Crippen LogP contribution in [-0.4, -0.2) is 69.4 Å². The van der Waals surface area contributed by atoms with Gasteiger partial charge in [-0.05, 0) is 63.9 Å². The third-order valence-electron chi connectivity index (χ3n) is 17.6. The molecule has 514 valence electrons. The van der Waals surface area contributed by atoms with Crippen LogP contribution >= 0.6 is 7.82 Å². The number of rotatable bonds is 71. The molecule has 0 aromatic heterocycles. The molecule has 10 heteroatoms. The number of ether oxygens (including phenoxy) is 1. The minimum atomic E-state index is -4.70. The number of hydrogen-bond acceptors (Lipinski definition) is 7. The second kappa shape index (κ2) is 67.1. The van der Waals surface area contributed by atoms with E-state index in [0.717, 1.165) is 64.2 Å². The van der Waals surface area contributed by atoms with Gasteiger partial charge in [0.05, 0.1) is 33.8 Å². The molecule has 0 bridgehead atoms. The van der Waals surface area contributed by atoms with E-state index in [0.29, 0.717) is 17.4 Å². The van der Waals surface area contributed by atoms with Crippen molar-refractivity contribution in [2.75, 3.05) is 40.9 Å². The van der Waals surface area contributed by atoms with Gasteiger partial charge in [-0.1, -0.05) is 353 Å². The number of allylic oxidation sites excluding steroid dienone is 5. The summed E-state index contributed by atoms with van der Waals surface area (Å²) < 4.78 is 30.5. The number of esters is 1. The van der Waals surface area contributed by atoms with E-state index in [-0.39, 0.29) is 31.5 Å². The highest BCUT2D eigenvalue weighted by atomic mass is 31.2. The quantitative estimate of drug-likeness (QED) is 0.0212. The monoisotopic (exact) mass is 1250 g/mol. The molecule has 0 spiro atoms. The van der Waals surface area contributed by atoms with Crippen molar-refractivity contribution in [2.24, 2.45) is 0 Å². The van der Waals surface area contributed by atoms with E-state index in [9.17, 15) is 19.0 Å². The number of unbranched alkanes of at least 4 members (excludes halogenated alkanes) is 51. The van der Waals surface area contributed by atoms with Crippen molar-refractivity contribution in [3.63, 3.8) is 0 Å². The number of likely N-dealkylation sites (N-methyl/N-ethyl adjacent to an activating group) is 1. The molecule has 1 N–H and O–H groups in total. The van der Waals surface area contributed by atoms with Gasteiger partial charge in [0.2, 0.25) is 5.91 Å². The largest absolute Gasteiger partial charge is 0.756 e. The van der Waals surface area contributed by atoms with Crippen LogP contribution in [0.4, 0.5) is 0 Å². The Kier molecular flexibility index (Phi) is 65.8. The minimum absolute atomic E-state index is 0.0183. The fraction of sp³-hybridized carbons (Fsp3) is 0.896. The summed E-state index contributed by atoms with van der Waals surface area (Å²) in [4.78, 5) is 40.3. The fourth-order valence-corrected chi connectivity index (χ4v) is 12.4. The molecule has 3 unspecified atom stereocenters. The fourth-order valence-electron chi connectivity index (χ4n) is 11.7. The lowest BCUT2D eigenvalue weighted by atomic mass is 10.0. The van der Waals surface area contributed by atoms with Gasteiger partial charge in [0.1, 0.15) is 19.3 Å². The van der Waals surface area contributed by atoms with Crippen molar-refractivity contribution in [3.8, 4) is 0 Å². The Morgan fingerprint density at radius 2 is 0.701 bits per heavy atom. The number of phosphoric acid groups is 1. The SMILES string of the molecule is CCCCC/C=C\C/C=C\CCCCCCCCCCCCCCCCCCCC(=O)OC(/C=C/CCCCCCCCCCCCC)C(COP(=O)([O-])OCC[N+](C)(C)C)NC(=O)CCCCCCCCCCCCCCCCCCCCCCC. The Balaban J connectivity index is 4.97. The minimum Gasteiger partial charge on any atom is -0.756 e. The van der Waals surface area contributed by atoms with Crippen LogP contribution < -0.4 is 10.2 Å². The van der Waals surface area contributed by atoms with E-state index in [1.54, 1.807) is 0 Å². The summed E-state index contributed by atoms with van der Waals surface area (Å²) in [5.74, 6) is -0.515. The predicted molar refractivity (Wildman–Crippen MR) is 376 cm³/mol. The number of nitrogens with zero attached hydrogens (tertiary/aromatic N) is 1. The van der Waals surface area contributed by atoms with E-state index < -0.39 is 20.0 Å². The molecule has 0 aliphatic carbocycles. The van der Waals surface area contributed by atoms with Crippen LogP contribution in [0.15, 0.2) is 36.5 Å². The molecular weight excluding hydrogens is 1100 g/mol. The van der Waals surface area contributed by atoms with E-state index in [1.807, 2.05) is 33.3 Å². The molecule has 3 atom stereocenters. The highest BCUT2D eigenvalue weighted by molar-refractivity contribution is 7.45. The first-order chi connectivity index (χ1) is 42.4. The number of phosphoric ester groups is 1. The average molecular weight is 1250 g/mol. The van der Waals surface area contributed by atoms with Gasteiger partial charge in [-0.25, -0.2) is 0 Å². The molecule has 9 nitrogen and oxygen atoms in total. The zero-order chi connectivity index (χ0) is 63.5. The Morgan fingerprint density at radius 1 is 0.402 bits per heavy atom. The number of amides is 1. The van der Waals surface area contributed by atoms with Gasteiger partial charge in [0.25, 0.3) is 7.82 Å². The third-order valence-corrected chi connectivity index (χ3v) is 18.5. The Hall–Kier alpha value is -1.77. The molecule has 87 heavy (non-hydrogen) atoms. The van der Waals surface area contributed by atoms with Gasteiger partial charge < -0.3 is 28.5 Å². The molecule has 0 aliphatic rings. The molecule has 0 saturated heterocycles. The highest BCUT2D eigenvalue weighted by Crippen LogP contribution is 2.38. The van der Waals surface area contributed by atoms with Gasteiger partial charge in [-0.2, -0.15) is 0 Å². The zero-order valence-electron chi connectivity index (χ0n) is 59.0. The van der Waals surface area contributed by atoms with Crippen molar-refractivity contribution in [2.45, 2.75) is 405 Å². The Bertz CT molecular complexity index is 1580. The maximum absolute atomic E-state index is 13.6. The number of carbonyl (C=O) groups is 2. The summed E-state index contributed by atoms with van der Waals surface area (Å²) >= 11 is 0. The maximum Gasteiger partial charge on any atom is 0.306 e. The van der Waals surface area contributed by atoms with Gasteiger partial charge in [-0.15, -0.1) is 0 Å². The van der Waals surface area contributed by atoms with Gasteiger partial charge in [-0.3, -0.25) is 14.2 Å². The number of carbonyl (C=O) groups excluding carboxylic acids is 2. The van der Waals surface area contributed by atoms with Crippen molar-refractivity contribution < 1.29 is 37.3 Å². The van der Waals surface area contributed by atoms with Crippen LogP contribution in [0.2, 0.25) is 0 Å². The topological polar surface area (TPSA) is 114 Å². The number of nitrogens with one attached hydrogen (secondary N) is 1. The molecule has 0 aromatic rings. The second-order valence-electron chi connectivity index (χ2n) is 27.5. The van der Waals surface area contributed by atoms with Crippen molar-refractivity contribution in [1.82, 2.24) is 5.32 Å².